The third-order valence-electron chi connectivity index (χ3n) is 3.57. The second-order valence-electron chi connectivity index (χ2n) is 5.83. The van der Waals surface area contributed by atoms with Gasteiger partial charge in [-0.1, -0.05) is 26.0 Å². The van der Waals surface area contributed by atoms with Gasteiger partial charge in [0.1, 0.15) is 6.04 Å². The highest BCUT2D eigenvalue weighted by Gasteiger charge is 2.18. The normalized spacial score (nSPS) is 12.2. The number of amides is 1. The summed E-state index contributed by atoms with van der Waals surface area (Å²) >= 11 is 0. The third kappa shape index (κ3) is 7.25. The van der Waals surface area contributed by atoms with Crippen LogP contribution in [0, 0.1) is 0 Å². The van der Waals surface area contributed by atoms with E-state index in [9.17, 15) is 14.7 Å². The Morgan fingerprint density at radius 3 is 2.43 bits per heavy atom. The van der Waals surface area contributed by atoms with E-state index in [-0.39, 0.29) is 12.3 Å². The fourth-order valence-electron chi connectivity index (χ4n) is 2.17. The minimum Gasteiger partial charge on any atom is -0.544 e. The number of carbonyl (C=O) groups is 2. The van der Waals surface area contributed by atoms with Crippen LogP contribution in [-0.4, -0.2) is 38.2 Å². The van der Waals surface area contributed by atoms with E-state index in [1.54, 1.807) is 12.4 Å². The molecule has 1 aromatic carbocycles. The lowest BCUT2D eigenvalue weighted by Gasteiger charge is -2.16. The van der Waals surface area contributed by atoms with Gasteiger partial charge in [0, 0.05) is 19.2 Å². The van der Waals surface area contributed by atoms with Gasteiger partial charge in [-0.25, -0.2) is 0 Å². The van der Waals surface area contributed by atoms with Gasteiger partial charge in [-0.15, -0.1) is 0 Å². The van der Waals surface area contributed by atoms with Crippen LogP contribution in [0.5, 0.6) is 0 Å². The molecule has 0 fully saturated rings. The van der Waals surface area contributed by atoms with E-state index in [0.717, 1.165) is 6.42 Å². The van der Waals surface area contributed by atoms with Crippen LogP contribution in [0.15, 0.2) is 24.3 Å². The van der Waals surface area contributed by atoms with Crippen molar-refractivity contribution < 1.29 is 24.7 Å². The quantitative estimate of drug-likeness (QED) is 0.586. The van der Waals surface area contributed by atoms with Gasteiger partial charge in [0.15, 0.2) is 0 Å². The van der Waals surface area contributed by atoms with E-state index < -0.39 is 12.0 Å². The van der Waals surface area contributed by atoms with Crippen molar-refractivity contribution in [2.45, 2.75) is 38.6 Å². The molecule has 1 aromatic rings. The number of hydrogen-bond acceptors (Lipinski definition) is 4. The number of anilines is 1. The zero-order chi connectivity index (χ0) is 17.2. The molecule has 0 saturated heterocycles. The third-order valence-corrected chi connectivity index (χ3v) is 3.57. The fraction of sp³-hybridized carbons (Fsp3) is 0.529. The number of ether oxygens (including phenoxy) is 1. The minimum atomic E-state index is -1.23. The molecule has 1 amide bonds. The Hall–Kier alpha value is -1.92. The number of carbonyl (C=O) groups excluding carboxylic acids is 2. The SMILES string of the molecule is COCCC[NH2+][C@@H](CC(=O)Nc1ccc(C(C)C)cc1)C(=O)[O-]. The van der Waals surface area contributed by atoms with Crippen LogP contribution < -0.4 is 15.7 Å². The summed E-state index contributed by atoms with van der Waals surface area (Å²) in [6, 6.07) is 6.66. The van der Waals surface area contributed by atoms with Crippen molar-refractivity contribution in [2.75, 3.05) is 25.6 Å². The molecule has 0 saturated carbocycles. The Labute approximate surface area is 137 Å². The first-order valence-corrected chi connectivity index (χ1v) is 7.87. The largest absolute Gasteiger partial charge is 0.544 e. The maximum atomic E-state index is 12.0. The zero-order valence-electron chi connectivity index (χ0n) is 14.0. The van der Waals surface area contributed by atoms with Crippen LogP contribution in [0.4, 0.5) is 5.69 Å². The van der Waals surface area contributed by atoms with Gasteiger partial charge in [0.2, 0.25) is 5.91 Å². The van der Waals surface area contributed by atoms with Crippen molar-refractivity contribution in [2.24, 2.45) is 0 Å². The number of carboxylic acids is 1. The van der Waals surface area contributed by atoms with Gasteiger partial charge in [-0.3, -0.25) is 4.79 Å². The predicted octanol–water partition coefficient (Wildman–Crippen LogP) is -0.143. The predicted molar refractivity (Wildman–Crippen MR) is 85.9 cm³/mol. The van der Waals surface area contributed by atoms with E-state index in [1.807, 2.05) is 24.3 Å². The highest BCUT2D eigenvalue weighted by molar-refractivity contribution is 5.93. The lowest BCUT2D eigenvalue weighted by atomic mass is 10.0. The molecule has 0 radical (unpaired) electrons. The summed E-state index contributed by atoms with van der Waals surface area (Å²) in [6.07, 6.45) is 0.597. The lowest BCUT2D eigenvalue weighted by Crippen LogP contribution is -2.93. The molecule has 6 nitrogen and oxygen atoms in total. The Bertz CT molecular complexity index is 500. The van der Waals surface area contributed by atoms with E-state index >= 15 is 0 Å². The molecule has 0 heterocycles. The summed E-state index contributed by atoms with van der Waals surface area (Å²) in [6.45, 7) is 5.32. The molecule has 0 aliphatic carbocycles. The lowest BCUT2D eigenvalue weighted by molar-refractivity contribution is -0.682. The second-order valence-corrected chi connectivity index (χ2v) is 5.83. The average Bonchev–Trinajstić information content (AvgIpc) is 2.50. The van der Waals surface area contributed by atoms with Gasteiger partial charge in [-0.05, 0) is 23.6 Å². The molecule has 1 rings (SSSR count). The molecule has 0 aliphatic heterocycles. The number of aliphatic carboxylic acids is 1. The maximum absolute atomic E-state index is 12.0. The van der Waals surface area contributed by atoms with E-state index in [2.05, 4.69) is 19.2 Å². The molecule has 128 valence electrons. The van der Waals surface area contributed by atoms with Gasteiger partial charge in [-0.2, -0.15) is 0 Å². The van der Waals surface area contributed by atoms with Crippen molar-refractivity contribution in [1.82, 2.24) is 0 Å². The van der Waals surface area contributed by atoms with Crippen molar-refractivity contribution in [3.63, 3.8) is 0 Å². The number of methoxy groups -OCH3 is 1. The number of benzene rings is 1. The molecule has 0 unspecified atom stereocenters. The summed E-state index contributed by atoms with van der Waals surface area (Å²) in [4.78, 5) is 23.1. The average molecular weight is 322 g/mol. The first kappa shape index (κ1) is 19.1. The van der Waals surface area contributed by atoms with E-state index in [0.29, 0.717) is 24.8 Å². The summed E-state index contributed by atoms with van der Waals surface area (Å²) < 4.78 is 4.91. The fourth-order valence-corrected chi connectivity index (χ4v) is 2.17. The molecular weight excluding hydrogens is 296 g/mol. The molecule has 6 heteroatoms. The van der Waals surface area contributed by atoms with Gasteiger partial charge in [0.25, 0.3) is 0 Å². The first-order valence-electron chi connectivity index (χ1n) is 7.87. The molecule has 0 spiro atoms. The number of quaternary nitrogens is 1. The monoisotopic (exact) mass is 322 g/mol. The van der Waals surface area contributed by atoms with Crippen LogP contribution in [0.25, 0.3) is 0 Å². The Balaban J connectivity index is 2.49. The molecule has 0 aromatic heterocycles. The Morgan fingerprint density at radius 1 is 1.26 bits per heavy atom. The Kier molecular flexibility index (Phi) is 8.29. The smallest absolute Gasteiger partial charge is 0.230 e. The summed E-state index contributed by atoms with van der Waals surface area (Å²) in [5, 5.41) is 15.4. The first-order chi connectivity index (χ1) is 10.9. The van der Waals surface area contributed by atoms with Gasteiger partial charge < -0.3 is 25.3 Å². The van der Waals surface area contributed by atoms with Crippen molar-refractivity contribution in [3.05, 3.63) is 29.8 Å². The van der Waals surface area contributed by atoms with E-state index in [1.165, 1.54) is 5.56 Å². The van der Waals surface area contributed by atoms with Crippen LogP contribution in [0.1, 0.15) is 38.2 Å². The van der Waals surface area contributed by atoms with Crippen LogP contribution in [0.2, 0.25) is 0 Å². The number of hydrogen-bond donors (Lipinski definition) is 2. The van der Waals surface area contributed by atoms with E-state index in [4.69, 9.17) is 4.74 Å². The van der Waals surface area contributed by atoms with Crippen LogP contribution in [-0.2, 0) is 14.3 Å². The minimum absolute atomic E-state index is 0.124. The molecule has 1 atom stereocenters. The molecule has 23 heavy (non-hydrogen) atoms. The number of rotatable bonds is 10. The molecular formula is C17H26N2O4. The van der Waals surface area contributed by atoms with Gasteiger partial charge in [0.05, 0.1) is 25.5 Å². The highest BCUT2D eigenvalue weighted by Crippen LogP contribution is 2.17. The van der Waals surface area contributed by atoms with Crippen molar-refractivity contribution in [1.29, 1.82) is 0 Å². The molecule has 0 aliphatic rings. The summed E-state index contributed by atoms with van der Waals surface area (Å²) in [7, 11) is 1.59. The Morgan fingerprint density at radius 2 is 1.91 bits per heavy atom. The summed E-state index contributed by atoms with van der Waals surface area (Å²) in [5.41, 5.74) is 1.85. The molecule has 3 N–H and O–H groups in total. The zero-order valence-corrected chi connectivity index (χ0v) is 14.0. The number of nitrogens with one attached hydrogen (secondary N) is 1. The van der Waals surface area contributed by atoms with Gasteiger partial charge >= 0.3 is 0 Å². The summed E-state index contributed by atoms with van der Waals surface area (Å²) in [5.74, 6) is -1.14. The number of carboxylic acid groups (broad SMARTS) is 1. The maximum Gasteiger partial charge on any atom is 0.230 e. The molecule has 0 bridgehead atoms. The number of nitrogens with two attached hydrogens (primary N) is 1. The van der Waals surface area contributed by atoms with Crippen molar-refractivity contribution >= 4 is 17.6 Å². The van der Waals surface area contributed by atoms with Crippen molar-refractivity contribution in [3.8, 4) is 0 Å². The standard InChI is InChI=1S/C17H26N2O4/c1-12(2)13-5-7-14(8-6-13)19-16(20)11-15(17(21)22)18-9-4-10-23-3/h5-8,12,15,18H,4,9-11H2,1-3H3,(H,19,20)(H,21,22)/t15-/m0/s1. The highest BCUT2D eigenvalue weighted by atomic mass is 16.5. The van der Waals surface area contributed by atoms with Crippen LogP contribution in [0.3, 0.4) is 0 Å². The topological polar surface area (TPSA) is 95.1 Å². The second kappa shape index (κ2) is 9.97. The van der Waals surface area contributed by atoms with Crippen LogP contribution >= 0.6 is 0 Å².